The highest BCUT2D eigenvalue weighted by Crippen LogP contribution is 2.54. The Morgan fingerprint density at radius 3 is 2.71 bits per heavy atom. The van der Waals surface area contributed by atoms with Crippen LogP contribution in [0.5, 0.6) is 0 Å². The van der Waals surface area contributed by atoms with E-state index in [4.69, 9.17) is 4.74 Å². The van der Waals surface area contributed by atoms with Gasteiger partial charge < -0.3 is 14.5 Å². The zero-order chi connectivity index (χ0) is 21.8. The van der Waals surface area contributed by atoms with Crippen LogP contribution in [0, 0.1) is 31.1 Å². The lowest BCUT2D eigenvalue weighted by atomic mass is 9.59. The van der Waals surface area contributed by atoms with Crippen LogP contribution in [0.25, 0.3) is 0 Å². The minimum Gasteiger partial charge on any atom is -0.462 e. The molecule has 0 amide bonds. The Balaban J connectivity index is 1.24. The van der Waals surface area contributed by atoms with Crippen LogP contribution in [0.1, 0.15) is 57.1 Å². The molecule has 4 nitrogen and oxygen atoms in total. The van der Waals surface area contributed by atoms with Gasteiger partial charge in [-0.05, 0) is 69.9 Å². The topological polar surface area (TPSA) is 34.0 Å². The van der Waals surface area contributed by atoms with Crippen molar-refractivity contribution >= 4 is 11.7 Å². The van der Waals surface area contributed by atoms with E-state index in [1.54, 1.807) is 16.0 Å². The number of ether oxygens (including phenoxy) is 1. The first-order valence-electron chi connectivity index (χ1n) is 12.4. The third-order valence-electron chi connectivity index (χ3n) is 8.85. The Bertz CT molecular complexity index is 898. The SMILES string of the molecule is CC1=C2C[C@H]3[C@H](C[C@]2(C)CCC1)OC(=O)[C@H]3C[NH+]1CCN(c2ccc(C)cc2C)CC1. The third-order valence-corrected chi connectivity index (χ3v) is 8.85. The Morgan fingerprint density at radius 1 is 1.19 bits per heavy atom. The molecule has 4 aliphatic rings. The van der Waals surface area contributed by atoms with Gasteiger partial charge in [-0.25, -0.2) is 0 Å². The summed E-state index contributed by atoms with van der Waals surface area (Å²) in [6.45, 7) is 14.4. The molecule has 1 N–H and O–H groups in total. The first-order valence-corrected chi connectivity index (χ1v) is 12.4. The van der Waals surface area contributed by atoms with Gasteiger partial charge in [-0.15, -0.1) is 0 Å². The number of benzene rings is 1. The molecule has 168 valence electrons. The molecule has 0 radical (unpaired) electrons. The summed E-state index contributed by atoms with van der Waals surface area (Å²) in [4.78, 5) is 17.0. The van der Waals surface area contributed by atoms with E-state index in [2.05, 4.69) is 50.8 Å². The highest BCUT2D eigenvalue weighted by molar-refractivity contribution is 5.75. The van der Waals surface area contributed by atoms with Crippen LogP contribution in [0.4, 0.5) is 5.69 Å². The van der Waals surface area contributed by atoms with E-state index < -0.39 is 0 Å². The van der Waals surface area contributed by atoms with Gasteiger partial charge in [-0.3, -0.25) is 4.79 Å². The minimum absolute atomic E-state index is 0.0828. The number of rotatable bonds is 3. The number of anilines is 1. The smallest absolute Gasteiger partial charge is 0.315 e. The Labute approximate surface area is 187 Å². The first-order chi connectivity index (χ1) is 14.8. The summed E-state index contributed by atoms with van der Waals surface area (Å²) in [7, 11) is 0. The average molecular weight is 424 g/mol. The second kappa shape index (κ2) is 7.95. The predicted molar refractivity (Wildman–Crippen MR) is 124 cm³/mol. The number of quaternary nitrogens is 1. The normalized spacial score (nSPS) is 33.9. The van der Waals surface area contributed by atoms with Gasteiger partial charge in [0.25, 0.3) is 0 Å². The molecule has 5 rings (SSSR count). The first kappa shape index (κ1) is 21.1. The van der Waals surface area contributed by atoms with Crippen LogP contribution >= 0.6 is 0 Å². The molecule has 2 saturated heterocycles. The van der Waals surface area contributed by atoms with E-state index in [-0.39, 0.29) is 23.4 Å². The van der Waals surface area contributed by atoms with Gasteiger partial charge in [0.05, 0.1) is 32.7 Å². The van der Waals surface area contributed by atoms with Crippen LogP contribution in [0.3, 0.4) is 0 Å². The molecule has 2 heterocycles. The molecule has 4 atom stereocenters. The highest BCUT2D eigenvalue weighted by atomic mass is 16.6. The summed E-state index contributed by atoms with van der Waals surface area (Å²) in [6, 6.07) is 6.77. The summed E-state index contributed by atoms with van der Waals surface area (Å²) in [5.41, 5.74) is 7.59. The van der Waals surface area contributed by atoms with Gasteiger partial charge in [0.1, 0.15) is 12.0 Å². The maximum Gasteiger partial charge on any atom is 0.315 e. The number of piperazine rings is 1. The van der Waals surface area contributed by atoms with Gasteiger partial charge in [0, 0.05) is 11.6 Å². The van der Waals surface area contributed by atoms with E-state index in [0.29, 0.717) is 5.92 Å². The summed E-state index contributed by atoms with van der Waals surface area (Å²) in [5.74, 6) is 0.563. The van der Waals surface area contributed by atoms with E-state index in [9.17, 15) is 4.79 Å². The lowest BCUT2D eigenvalue weighted by Gasteiger charge is -2.45. The molecule has 0 bridgehead atoms. The number of hydrogen-bond acceptors (Lipinski definition) is 3. The lowest BCUT2D eigenvalue weighted by molar-refractivity contribution is -0.903. The lowest BCUT2D eigenvalue weighted by Crippen LogP contribution is -3.15. The molecule has 1 aromatic rings. The second-order valence-electron chi connectivity index (χ2n) is 11.1. The fraction of sp³-hybridized carbons (Fsp3) is 0.667. The zero-order valence-electron chi connectivity index (χ0n) is 19.8. The highest BCUT2D eigenvalue weighted by Gasteiger charge is 2.54. The summed E-state index contributed by atoms with van der Waals surface area (Å²) in [6.07, 6.45) is 6.07. The van der Waals surface area contributed by atoms with Crippen LogP contribution in [-0.4, -0.2) is 44.8 Å². The number of nitrogens with zero attached hydrogens (tertiary/aromatic N) is 1. The average Bonchev–Trinajstić information content (AvgIpc) is 3.01. The van der Waals surface area contributed by atoms with Crippen molar-refractivity contribution in [1.29, 1.82) is 0 Å². The number of carbonyl (C=O) groups excluding carboxylic acids is 1. The van der Waals surface area contributed by atoms with Crippen LogP contribution in [0.15, 0.2) is 29.3 Å². The Morgan fingerprint density at radius 2 is 1.97 bits per heavy atom. The fourth-order valence-corrected chi connectivity index (χ4v) is 7.08. The van der Waals surface area contributed by atoms with Crippen molar-refractivity contribution in [2.45, 2.75) is 65.9 Å². The van der Waals surface area contributed by atoms with E-state index in [1.165, 1.54) is 36.1 Å². The van der Waals surface area contributed by atoms with Crippen molar-refractivity contribution in [1.82, 2.24) is 0 Å². The van der Waals surface area contributed by atoms with Crippen molar-refractivity contribution in [3.8, 4) is 0 Å². The maximum atomic E-state index is 12.9. The van der Waals surface area contributed by atoms with Crippen molar-refractivity contribution in [3.63, 3.8) is 0 Å². The molecular formula is C27H39N2O2+. The molecule has 0 unspecified atom stereocenters. The monoisotopic (exact) mass is 423 g/mol. The molecule has 3 fully saturated rings. The van der Waals surface area contributed by atoms with E-state index in [1.807, 2.05) is 0 Å². The molecule has 0 aromatic heterocycles. The standard InChI is InChI=1S/C27H38N2O2/c1-18-7-8-24(20(3)14-18)29-12-10-28(11-13-29)17-22-21-15-23-19(2)6-5-9-27(23,4)16-25(21)31-26(22)30/h7-8,14,21-22,25H,5-6,9-13,15-17H2,1-4H3/p+1/t21-,22+,25+,27+/m1/s1. The molecule has 2 aliphatic heterocycles. The van der Waals surface area contributed by atoms with Crippen molar-refractivity contribution in [2.24, 2.45) is 17.3 Å². The summed E-state index contributed by atoms with van der Waals surface area (Å²) in [5, 5.41) is 0. The molecule has 1 saturated carbocycles. The maximum absolute atomic E-state index is 12.9. The van der Waals surface area contributed by atoms with Gasteiger partial charge in [0.15, 0.2) is 0 Å². The largest absolute Gasteiger partial charge is 0.462 e. The number of carbonyl (C=O) groups is 1. The van der Waals surface area contributed by atoms with Gasteiger partial charge in [0.2, 0.25) is 0 Å². The Hall–Kier alpha value is -1.81. The Kier molecular flexibility index (Phi) is 5.40. The third kappa shape index (κ3) is 3.82. The predicted octanol–water partition coefficient (Wildman–Crippen LogP) is 3.47. The molecule has 4 heteroatoms. The van der Waals surface area contributed by atoms with E-state index >= 15 is 0 Å². The van der Waals surface area contributed by atoms with Gasteiger partial charge >= 0.3 is 5.97 Å². The molecule has 2 aliphatic carbocycles. The van der Waals surface area contributed by atoms with Gasteiger partial charge in [-0.2, -0.15) is 0 Å². The number of fused-ring (bicyclic) bond motifs is 2. The fourth-order valence-electron chi connectivity index (χ4n) is 7.08. The number of allylic oxidation sites excluding steroid dienone is 2. The molecular weight excluding hydrogens is 384 g/mol. The van der Waals surface area contributed by atoms with Crippen molar-refractivity contribution < 1.29 is 14.4 Å². The number of esters is 1. The molecule has 31 heavy (non-hydrogen) atoms. The molecule has 1 aromatic carbocycles. The summed E-state index contributed by atoms with van der Waals surface area (Å²) >= 11 is 0. The van der Waals surface area contributed by atoms with Crippen LogP contribution < -0.4 is 9.80 Å². The summed E-state index contributed by atoms with van der Waals surface area (Å²) < 4.78 is 6.00. The van der Waals surface area contributed by atoms with Gasteiger partial charge in [-0.1, -0.05) is 35.8 Å². The van der Waals surface area contributed by atoms with Crippen molar-refractivity contribution in [3.05, 3.63) is 40.5 Å². The minimum atomic E-state index is 0.0828. The van der Waals surface area contributed by atoms with Crippen LogP contribution in [0.2, 0.25) is 0 Å². The number of aryl methyl sites for hydroxylation is 2. The molecule has 0 spiro atoms. The second-order valence-corrected chi connectivity index (χ2v) is 11.1. The van der Waals surface area contributed by atoms with E-state index in [0.717, 1.165) is 45.6 Å². The quantitative estimate of drug-likeness (QED) is 0.597. The van der Waals surface area contributed by atoms with Crippen LogP contribution in [-0.2, 0) is 9.53 Å². The zero-order valence-corrected chi connectivity index (χ0v) is 19.8. The van der Waals surface area contributed by atoms with Crippen molar-refractivity contribution in [2.75, 3.05) is 37.6 Å². The number of nitrogens with one attached hydrogen (secondary N) is 1. The number of hydrogen-bond donors (Lipinski definition) is 1.